The Labute approximate surface area is 211 Å². The maximum atomic E-state index is 12.8. The van der Waals surface area contributed by atoms with Crippen LogP contribution in [0.25, 0.3) is 0 Å². The van der Waals surface area contributed by atoms with Gasteiger partial charge in [-0.25, -0.2) is 4.98 Å². The van der Waals surface area contributed by atoms with E-state index in [1.807, 2.05) is 42.5 Å². The topological polar surface area (TPSA) is 126 Å². The second kappa shape index (κ2) is 10.5. The molecule has 2 unspecified atom stereocenters. The number of benzene rings is 2. The highest BCUT2D eigenvalue weighted by atomic mass is 16.2. The van der Waals surface area contributed by atoms with Crippen molar-refractivity contribution >= 4 is 17.6 Å². The highest BCUT2D eigenvalue weighted by molar-refractivity contribution is 5.94. The van der Waals surface area contributed by atoms with Crippen LogP contribution in [0.1, 0.15) is 63.7 Å². The standard InChI is InChI=1S/C28H32N6O2/c29-26(30)19-6-8-20(9-7-19)28(36)33-22-14-23-11-12-24(15-22)34(23)25-13-10-21(17-31-25)27(35)32-16-18-4-2-1-3-5-18/h1-10,13,17,22-24,26H,11-12,14-16,29-30H2,(H,32,35)(H,33,36). The maximum absolute atomic E-state index is 12.8. The van der Waals surface area contributed by atoms with Crippen molar-refractivity contribution in [1.82, 2.24) is 15.6 Å². The molecule has 3 heterocycles. The third kappa shape index (κ3) is 5.24. The Hall–Kier alpha value is -3.75. The van der Waals surface area contributed by atoms with Crippen molar-refractivity contribution in [2.75, 3.05) is 4.90 Å². The first-order valence-electron chi connectivity index (χ1n) is 12.5. The van der Waals surface area contributed by atoms with E-state index in [0.717, 1.165) is 42.6 Å². The number of nitrogens with one attached hydrogen (secondary N) is 2. The number of carbonyl (C=O) groups is 2. The van der Waals surface area contributed by atoms with E-state index < -0.39 is 6.17 Å². The van der Waals surface area contributed by atoms with Gasteiger partial charge >= 0.3 is 0 Å². The first-order chi connectivity index (χ1) is 17.5. The van der Waals surface area contributed by atoms with Crippen LogP contribution < -0.4 is 27.0 Å². The van der Waals surface area contributed by atoms with E-state index in [1.165, 1.54) is 0 Å². The van der Waals surface area contributed by atoms with E-state index >= 15 is 0 Å². The summed E-state index contributed by atoms with van der Waals surface area (Å²) >= 11 is 0. The Balaban J connectivity index is 1.17. The van der Waals surface area contributed by atoms with Gasteiger partial charge in [0.1, 0.15) is 5.82 Å². The van der Waals surface area contributed by atoms with Gasteiger partial charge in [0, 0.05) is 36.4 Å². The molecular weight excluding hydrogens is 452 g/mol. The normalized spacial score (nSPS) is 20.9. The Morgan fingerprint density at radius 2 is 1.56 bits per heavy atom. The summed E-state index contributed by atoms with van der Waals surface area (Å²) in [5, 5.41) is 6.15. The second-order valence-electron chi connectivity index (χ2n) is 9.66. The summed E-state index contributed by atoms with van der Waals surface area (Å²) < 4.78 is 0. The predicted molar refractivity (Wildman–Crippen MR) is 139 cm³/mol. The summed E-state index contributed by atoms with van der Waals surface area (Å²) in [5.41, 5.74) is 14.4. The van der Waals surface area contributed by atoms with Gasteiger partial charge in [-0.2, -0.15) is 0 Å². The highest BCUT2D eigenvalue weighted by Crippen LogP contribution is 2.38. The molecule has 2 saturated heterocycles. The molecule has 2 aliphatic heterocycles. The number of nitrogens with zero attached hydrogens (tertiary/aromatic N) is 2. The van der Waals surface area contributed by atoms with Crippen molar-refractivity contribution in [2.24, 2.45) is 11.5 Å². The molecule has 0 spiro atoms. The molecule has 0 aliphatic carbocycles. The molecule has 2 aliphatic rings. The highest BCUT2D eigenvalue weighted by Gasteiger charge is 2.41. The molecule has 2 bridgehead atoms. The van der Waals surface area contributed by atoms with E-state index in [4.69, 9.17) is 11.5 Å². The minimum Gasteiger partial charge on any atom is -0.350 e. The SMILES string of the molecule is NC(N)c1ccc(C(=O)NC2CC3CCC(C2)N3c2ccc(C(=O)NCc3ccccc3)cn2)cc1. The van der Waals surface area contributed by atoms with E-state index in [1.54, 1.807) is 30.5 Å². The zero-order valence-electron chi connectivity index (χ0n) is 20.1. The lowest BCUT2D eigenvalue weighted by atomic mass is 9.96. The lowest BCUT2D eigenvalue weighted by molar-refractivity contribution is 0.0924. The summed E-state index contributed by atoms with van der Waals surface area (Å²) in [5.74, 6) is 0.679. The van der Waals surface area contributed by atoms with Crippen LogP contribution in [0.5, 0.6) is 0 Å². The molecule has 2 atom stereocenters. The zero-order valence-corrected chi connectivity index (χ0v) is 20.1. The van der Waals surface area contributed by atoms with Crippen LogP contribution in [-0.2, 0) is 6.54 Å². The number of nitrogens with two attached hydrogens (primary N) is 2. The van der Waals surface area contributed by atoms with Crippen LogP contribution in [-0.4, -0.2) is 34.9 Å². The van der Waals surface area contributed by atoms with Crippen molar-refractivity contribution in [3.8, 4) is 0 Å². The summed E-state index contributed by atoms with van der Waals surface area (Å²) in [4.78, 5) is 32.3. The van der Waals surface area contributed by atoms with Crippen molar-refractivity contribution in [2.45, 2.75) is 56.5 Å². The minimum atomic E-state index is -0.548. The molecule has 5 rings (SSSR count). The van der Waals surface area contributed by atoms with Gasteiger partial charge in [-0.1, -0.05) is 42.5 Å². The molecule has 0 radical (unpaired) electrons. The van der Waals surface area contributed by atoms with Crippen LogP contribution >= 0.6 is 0 Å². The van der Waals surface area contributed by atoms with Crippen molar-refractivity contribution < 1.29 is 9.59 Å². The fraction of sp³-hybridized carbons (Fsp3) is 0.321. The van der Waals surface area contributed by atoms with Crippen LogP contribution in [0.15, 0.2) is 72.9 Å². The van der Waals surface area contributed by atoms with Crippen molar-refractivity contribution in [3.05, 3.63) is 95.2 Å². The number of carbonyl (C=O) groups excluding carboxylic acids is 2. The van der Waals surface area contributed by atoms with Crippen LogP contribution in [0.4, 0.5) is 5.82 Å². The van der Waals surface area contributed by atoms with Gasteiger partial charge in [-0.15, -0.1) is 0 Å². The van der Waals surface area contributed by atoms with Crippen molar-refractivity contribution in [1.29, 1.82) is 0 Å². The third-order valence-corrected chi connectivity index (χ3v) is 7.20. The molecule has 0 saturated carbocycles. The number of fused-ring (bicyclic) bond motifs is 2. The molecule has 2 fully saturated rings. The molecule has 8 heteroatoms. The number of hydrogen-bond donors (Lipinski definition) is 4. The summed E-state index contributed by atoms with van der Waals surface area (Å²) in [6.07, 6.45) is 4.99. The van der Waals surface area contributed by atoms with Crippen LogP contribution in [0.2, 0.25) is 0 Å². The Kier molecular flexibility index (Phi) is 6.97. The van der Waals surface area contributed by atoms with E-state index in [-0.39, 0.29) is 17.9 Å². The average molecular weight is 485 g/mol. The minimum absolute atomic E-state index is 0.0750. The summed E-state index contributed by atoms with van der Waals surface area (Å²) in [7, 11) is 0. The smallest absolute Gasteiger partial charge is 0.253 e. The number of amides is 2. The summed E-state index contributed by atoms with van der Waals surface area (Å²) in [6.45, 7) is 0.482. The van der Waals surface area contributed by atoms with Gasteiger partial charge in [-0.05, 0) is 61.1 Å². The number of rotatable bonds is 7. The van der Waals surface area contributed by atoms with Gasteiger partial charge in [-0.3, -0.25) is 9.59 Å². The molecule has 186 valence electrons. The third-order valence-electron chi connectivity index (χ3n) is 7.20. The lowest BCUT2D eigenvalue weighted by Crippen LogP contribution is -2.50. The number of piperidine rings is 1. The van der Waals surface area contributed by atoms with E-state index in [0.29, 0.717) is 29.8 Å². The molecule has 8 nitrogen and oxygen atoms in total. The number of anilines is 1. The molecule has 2 amide bonds. The number of hydrogen-bond acceptors (Lipinski definition) is 6. The average Bonchev–Trinajstić information content (AvgIpc) is 3.17. The first-order valence-corrected chi connectivity index (χ1v) is 12.5. The molecule has 1 aromatic heterocycles. The quantitative estimate of drug-likeness (QED) is 0.382. The largest absolute Gasteiger partial charge is 0.350 e. The first kappa shape index (κ1) is 24.0. The molecule has 2 aromatic carbocycles. The van der Waals surface area contributed by atoms with Crippen LogP contribution in [0, 0.1) is 0 Å². The predicted octanol–water partition coefficient (Wildman–Crippen LogP) is 2.86. The molecule has 3 aromatic rings. The second-order valence-corrected chi connectivity index (χ2v) is 9.66. The Morgan fingerprint density at radius 1 is 0.889 bits per heavy atom. The zero-order chi connectivity index (χ0) is 25.1. The number of pyridine rings is 1. The fourth-order valence-electron chi connectivity index (χ4n) is 5.35. The van der Waals surface area contributed by atoms with Gasteiger partial charge in [0.2, 0.25) is 0 Å². The Morgan fingerprint density at radius 3 is 2.17 bits per heavy atom. The van der Waals surface area contributed by atoms with Crippen LogP contribution in [0.3, 0.4) is 0 Å². The number of aromatic nitrogens is 1. The monoisotopic (exact) mass is 484 g/mol. The molecule has 36 heavy (non-hydrogen) atoms. The van der Waals surface area contributed by atoms with E-state index in [2.05, 4.69) is 20.5 Å². The van der Waals surface area contributed by atoms with Gasteiger partial charge in [0.25, 0.3) is 11.8 Å². The van der Waals surface area contributed by atoms with E-state index in [9.17, 15) is 9.59 Å². The molecule has 6 N–H and O–H groups in total. The maximum Gasteiger partial charge on any atom is 0.253 e. The van der Waals surface area contributed by atoms with Gasteiger partial charge < -0.3 is 27.0 Å². The van der Waals surface area contributed by atoms with Crippen molar-refractivity contribution in [3.63, 3.8) is 0 Å². The molecular formula is C28H32N6O2. The van der Waals surface area contributed by atoms with Gasteiger partial charge in [0.05, 0.1) is 11.7 Å². The van der Waals surface area contributed by atoms with Gasteiger partial charge in [0.15, 0.2) is 0 Å². The Bertz CT molecular complexity index is 1180. The fourth-order valence-corrected chi connectivity index (χ4v) is 5.35. The lowest BCUT2D eigenvalue weighted by Gasteiger charge is -2.40. The summed E-state index contributed by atoms with van der Waals surface area (Å²) in [6, 6.07) is 21.5.